The highest BCUT2D eigenvalue weighted by Crippen LogP contribution is 2.36. The number of benzene rings is 1. The number of amides is 1. The van der Waals surface area contributed by atoms with Crippen LogP contribution in [0, 0.1) is 11.8 Å². The van der Waals surface area contributed by atoms with Crippen LogP contribution in [0.4, 0.5) is 5.69 Å². The van der Waals surface area contributed by atoms with Gasteiger partial charge in [-0.1, -0.05) is 19.9 Å². The average molecular weight is 453 g/mol. The monoisotopic (exact) mass is 452 g/mol. The Balaban J connectivity index is 2.30. The molecule has 0 unspecified atom stereocenters. The first-order chi connectivity index (χ1) is 15.0. The molecule has 1 amide bonds. The molecule has 1 aliphatic rings. The van der Waals surface area contributed by atoms with Gasteiger partial charge in [0.25, 0.3) is 0 Å². The average Bonchev–Trinajstić information content (AvgIpc) is 2.73. The zero-order chi connectivity index (χ0) is 24.0. The minimum Gasteiger partial charge on any atom is -0.463 e. The largest absolute Gasteiger partial charge is 0.463 e. The van der Waals surface area contributed by atoms with Crippen molar-refractivity contribution < 1.29 is 38.4 Å². The van der Waals surface area contributed by atoms with Gasteiger partial charge in [0.2, 0.25) is 12.2 Å². The minimum atomic E-state index is -0.808. The fourth-order valence-electron chi connectivity index (χ4n) is 3.34. The highest BCUT2D eigenvalue weighted by Gasteiger charge is 2.45. The molecule has 0 spiro atoms. The molecule has 1 fully saturated rings. The summed E-state index contributed by atoms with van der Waals surface area (Å²) in [5, 5.41) is 12.2. The molecule has 178 valence electrons. The van der Waals surface area contributed by atoms with Crippen molar-refractivity contribution in [3.63, 3.8) is 0 Å². The van der Waals surface area contributed by atoms with E-state index in [9.17, 15) is 19.5 Å². The third kappa shape index (κ3) is 6.65. The van der Waals surface area contributed by atoms with Crippen LogP contribution in [0.25, 0.3) is 0 Å². The maximum absolute atomic E-state index is 12.1. The van der Waals surface area contributed by atoms with Gasteiger partial charge in [-0.2, -0.15) is 0 Å². The Kier molecular flexibility index (Phi) is 8.99. The maximum atomic E-state index is 12.1. The van der Waals surface area contributed by atoms with E-state index in [4.69, 9.17) is 24.7 Å². The molecule has 4 N–H and O–H groups in total. The molecule has 0 aliphatic carbocycles. The topological polar surface area (TPSA) is 146 Å². The first-order valence-electron chi connectivity index (χ1n) is 10.5. The normalized spacial score (nSPS) is 26.0. The smallest absolute Gasteiger partial charge is 0.303 e. The highest BCUT2D eigenvalue weighted by molar-refractivity contribution is 5.95. The Hall–Kier alpha value is -2.69. The summed E-state index contributed by atoms with van der Waals surface area (Å²) < 4.78 is 22.7. The number of nitrogens with two attached hydrogens (primary N) is 1. The summed E-state index contributed by atoms with van der Waals surface area (Å²) in [5.41, 5.74) is 6.59. The lowest BCUT2D eigenvalue weighted by atomic mass is 9.84. The molecule has 1 saturated heterocycles. The van der Waals surface area contributed by atoms with Crippen LogP contribution in [0.1, 0.15) is 40.2 Å². The lowest BCUT2D eigenvalue weighted by Crippen LogP contribution is -2.54. The van der Waals surface area contributed by atoms with E-state index in [2.05, 4.69) is 5.32 Å². The van der Waals surface area contributed by atoms with Gasteiger partial charge in [0, 0.05) is 25.7 Å². The summed E-state index contributed by atoms with van der Waals surface area (Å²) in [6.07, 6.45) is -2.19. The van der Waals surface area contributed by atoms with Gasteiger partial charge >= 0.3 is 11.9 Å². The molecular weight excluding hydrogens is 420 g/mol. The molecule has 0 aromatic heterocycles. The van der Waals surface area contributed by atoms with Crippen LogP contribution < -0.4 is 15.8 Å². The van der Waals surface area contributed by atoms with Gasteiger partial charge in [-0.3, -0.25) is 14.4 Å². The van der Waals surface area contributed by atoms with Crippen molar-refractivity contribution in [3.8, 4) is 5.75 Å². The van der Waals surface area contributed by atoms with Crippen molar-refractivity contribution in [2.24, 2.45) is 17.6 Å². The van der Waals surface area contributed by atoms with Gasteiger partial charge in [-0.05, 0) is 24.6 Å². The number of ether oxygens (including phenoxy) is 4. The highest BCUT2D eigenvalue weighted by atomic mass is 16.7. The van der Waals surface area contributed by atoms with E-state index in [-0.39, 0.29) is 30.8 Å². The number of aliphatic hydroxyl groups excluding tert-OH is 1. The molecule has 1 aromatic rings. The third-order valence-corrected chi connectivity index (χ3v) is 5.35. The van der Waals surface area contributed by atoms with Crippen LogP contribution in [0.5, 0.6) is 5.75 Å². The molecule has 32 heavy (non-hydrogen) atoms. The van der Waals surface area contributed by atoms with Gasteiger partial charge in [-0.15, -0.1) is 0 Å². The molecule has 0 saturated carbocycles. The molecule has 6 atom stereocenters. The number of hydrogen-bond donors (Lipinski definition) is 3. The first-order valence-corrected chi connectivity index (χ1v) is 10.5. The Morgan fingerprint density at radius 1 is 1.19 bits per heavy atom. The van der Waals surface area contributed by atoms with Crippen LogP contribution >= 0.6 is 0 Å². The number of esters is 2. The van der Waals surface area contributed by atoms with Gasteiger partial charge < -0.3 is 35.1 Å². The molecule has 0 bridgehead atoms. The van der Waals surface area contributed by atoms with E-state index >= 15 is 0 Å². The zero-order valence-corrected chi connectivity index (χ0v) is 19.0. The fraction of sp³-hybridized carbons (Fsp3) is 0.591. The van der Waals surface area contributed by atoms with Crippen LogP contribution in [0.15, 0.2) is 18.2 Å². The Morgan fingerprint density at radius 3 is 2.44 bits per heavy atom. The van der Waals surface area contributed by atoms with Crippen molar-refractivity contribution in [1.82, 2.24) is 0 Å². The van der Waals surface area contributed by atoms with Gasteiger partial charge in [0.1, 0.15) is 24.6 Å². The molecule has 10 nitrogen and oxygen atoms in total. The van der Waals surface area contributed by atoms with Crippen molar-refractivity contribution >= 4 is 23.5 Å². The summed E-state index contributed by atoms with van der Waals surface area (Å²) in [6.45, 7) is 7.56. The number of aliphatic hydroxyl groups is 1. The maximum Gasteiger partial charge on any atom is 0.303 e. The molecule has 1 heterocycles. The molecule has 1 aromatic carbocycles. The molecule has 10 heteroatoms. The standard InChI is InChI=1S/C22H32N2O8/c1-11-12(2)22(32-19(10-29-14(4)26)20(11)30-15(5)27)31-18-8-16(9-25)6-7-17(18)24-21(28)13(3)23/h6-8,11-13,19-20,22,25H,9-10,23H2,1-5H3,(H,24,28)/t11-,12-,13+,19-,20-,22-/m1/s1. The molecule has 1 aliphatic heterocycles. The second-order valence-electron chi connectivity index (χ2n) is 8.02. The van der Waals surface area contributed by atoms with Crippen molar-refractivity contribution in [1.29, 1.82) is 0 Å². The zero-order valence-electron chi connectivity index (χ0n) is 19.0. The second kappa shape index (κ2) is 11.3. The van der Waals surface area contributed by atoms with Gasteiger partial charge in [0.05, 0.1) is 18.3 Å². The van der Waals surface area contributed by atoms with E-state index in [0.717, 1.165) is 0 Å². The number of rotatable bonds is 8. The van der Waals surface area contributed by atoms with E-state index in [0.29, 0.717) is 11.3 Å². The van der Waals surface area contributed by atoms with Gasteiger partial charge in [-0.25, -0.2) is 0 Å². The molecule has 0 radical (unpaired) electrons. The minimum absolute atomic E-state index is 0.116. The van der Waals surface area contributed by atoms with E-state index < -0.39 is 42.4 Å². The summed E-state index contributed by atoms with van der Waals surface area (Å²) in [6, 6.07) is 4.12. The second-order valence-corrected chi connectivity index (χ2v) is 8.02. The van der Waals surface area contributed by atoms with Crippen LogP contribution in [-0.2, 0) is 35.2 Å². The number of nitrogens with one attached hydrogen (secondary N) is 1. The Labute approximate surface area is 187 Å². The number of anilines is 1. The summed E-state index contributed by atoms with van der Waals surface area (Å²) in [7, 11) is 0. The quantitative estimate of drug-likeness (QED) is 0.497. The summed E-state index contributed by atoms with van der Waals surface area (Å²) in [4.78, 5) is 35.0. The summed E-state index contributed by atoms with van der Waals surface area (Å²) in [5.74, 6) is -1.51. The third-order valence-electron chi connectivity index (χ3n) is 5.35. The Morgan fingerprint density at radius 2 is 1.88 bits per heavy atom. The number of carbonyl (C=O) groups excluding carboxylic acids is 3. The predicted octanol–water partition coefficient (Wildman–Crippen LogP) is 1.34. The van der Waals surface area contributed by atoms with Crippen molar-refractivity contribution in [2.75, 3.05) is 11.9 Å². The van der Waals surface area contributed by atoms with Crippen LogP contribution in [0.3, 0.4) is 0 Å². The SMILES string of the molecule is CC(=O)OC[C@H]1O[C@@H](Oc2cc(CO)ccc2NC(=O)[C@H](C)N)[C@H](C)[C@@H](C)[C@H]1OC(C)=O. The number of carbonyl (C=O) groups is 3. The van der Waals surface area contributed by atoms with E-state index in [1.165, 1.54) is 13.8 Å². The van der Waals surface area contributed by atoms with Crippen LogP contribution in [-0.4, -0.2) is 54.1 Å². The van der Waals surface area contributed by atoms with Crippen molar-refractivity contribution in [3.05, 3.63) is 23.8 Å². The van der Waals surface area contributed by atoms with E-state index in [1.807, 2.05) is 13.8 Å². The predicted molar refractivity (Wildman–Crippen MR) is 114 cm³/mol. The fourth-order valence-corrected chi connectivity index (χ4v) is 3.34. The lowest BCUT2D eigenvalue weighted by molar-refractivity contribution is -0.247. The number of hydrogen-bond acceptors (Lipinski definition) is 9. The summed E-state index contributed by atoms with van der Waals surface area (Å²) >= 11 is 0. The van der Waals surface area contributed by atoms with Crippen LogP contribution in [0.2, 0.25) is 0 Å². The van der Waals surface area contributed by atoms with E-state index in [1.54, 1.807) is 25.1 Å². The molecular formula is C22H32N2O8. The molecule has 2 rings (SSSR count). The van der Waals surface area contributed by atoms with Crippen molar-refractivity contribution in [2.45, 2.75) is 65.8 Å². The van der Waals surface area contributed by atoms with Gasteiger partial charge in [0.15, 0.2) is 0 Å². The Bertz CT molecular complexity index is 828. The lowest BCUT2D eigenvalue weighted by Gasteiger charge is -2.43. The first kappa shape index (κ1) is 25.6.